The molecule has 0 saturated carbocycles. The number of ether oxygens (including phenoxy) is 2. The van der Waals surface area contributed by atoms with Crippen LogP contribution in [0.3, 0.4) is 0 Å². The summed E-state index contributed by atoms with van der Waals surface area (Å²) in [4.78, 5) is 12.0. The molecule has 21 heavy (non-hydrogen) atoms. The highest BCUT2D eigenvalue weighted by atomic mass is 32.2. The van der Waals surface area contributed by atoms with Crippen LogP contribution in [0, 0.1) is 0 Å². The molecule has 116 valence electrons. The van der Waals surface area contributed by atoms with E-state index in [1.54, 1.807) is 24.3 Å². The predicted molar refractivity (Wildman–Crippen MR) is 78.8 cm³/mol. The molecule has 0 spiro atoms. The van der Waals surface area contributed by atoms with Crippen molar-refractivity contribution in [3.63, 3.8) is 0 Å². The van der Waals surface area contributed by atoms with Crippen molar-refractivity contribution in [3.8, 4) is 0 Å². The van der Waals surface area contributed by atoms with Gasteiger partial charge >= 0.3 is 5.97 Å². The van der Waals surface area contributed by atoms with Gasteiger partial charge in [-0.2, -0.15) is 0 Å². The molecule has 1 fully saturated rings. The molecule has 1 heterocycles. The fraction of sp³-hybridized carbons (Fsp3) is 0.533. The molecule has 0 aromatic heterocycles. The molecular formula is C15H20O5S. The van der Waals surface area contributed by atoms with E-state index in [9.17, 15) is 13.2 Å². The number of esters is 1. The zero-order valence-electron chi connectivity index (χ0n) is 12.0. The van der Waals surface area contributed by atoms with Crippen molar-refractivity contribution >= 4 is 15.8 Å². The summed E-state index contributed by atoms with van der Waals surface area (Å²) in [5.41, 5.74) is 0.667. The van der Waals surface area contributed by atoms with Gasteiger partial charge in [-0.05, 0) is 18.4 Å². The average molecular weight is 312 g/mol. The summed E-state index contributed by atoms with van der Waals surface area (Å²) in [6.07, 6.45) is 0.982. The molecule has 0 N–H and O–H groups in total. The van der Waals surface area contributed by atoms with Crippen LogP contribution in [0.5, 0.6) is 0 Å². The van der Waals surface area contributed by atoms with Crippen LogP contribution >= 0.6 is 0 Å². The van der Waals surface area contributed by atoms with Gasteiger partial charge in [0.1, 0.15) is 0 Å². The van der Waals surface area contributed by atoms with Gasteiger partial charge in [0.2, 0.25) is 0 Å². The standard InChI is InChI=1S/C15H20O5S/c1-19-15(16)14(12-5-3-2-4-6-12)11-21(17,18)13-7-9-20-10-8-13/h2-6,13-14H,7-11H2,1H3. The fourth-order valence-corrected chi connectivity index (χ4v) is 4.51. The van der Waals surface area contributed by atoms with Crippen LogP contribution in [0.25, 0.3) is 0 Å². The summed E-state index contributed by atoms with van der Waals surface area (Å²) in [6.45, 7) is 0.913. The van der Waals surface area contributed by atoms with Gasteiger partial charge in [-0.1, -0.05) is 30.3 Å². The lowest BCUT2D eigenvalue weighted by atomic mass is 10.0. The first kappa shape index (κ1) is 16.0. The first-order valence-electron chi connectivity index (χ1n) is 6.96. The summed E-state index contributed by atoms with van der Waals surface area (Å²) in [6, 6.07) is 8.89. The average Bonchev–Trinajstić information content (AvgIpc) is 2.53. The molecule has 0 radical (unpaired) electrons. The van der Waals surface area contributed by atoms with E-state index in [0.29, 0.717) is 31.6 Å². The Morgan fingerprint density at radius 3 is 2.48 bits per heavy atom. The van der Waals surface area contributed by atoms with E-state index in [1.807, 2.05) is 6.07 Å². The molecule has 1 unspecified atom stereocenters. The van der Waals surface area contributed by atoms with Gasteiger partial charge in [0.25, 0.3) is 0 Å². The molecule has 6 heteroatoms. The monoisotopic (exact) mass is 312 g/mol. The highest BCUT2D eigenvalue weighted by Crippen LogP contribution is 2.24. The lowest BCUT2D eigenvalue weighted by Gasteiger charge is -2.24. The summed E-state index contributed by atoms with van der Waals surface area (Å²) in [5.74, 6) is -1.50. The van der Waals surface area contributed by atoms with Gasteiger partial charge in [-0.25, -0.2) is 8.42 Å². The zero-order chi connectivity index (χ0) is 15.3. The minimum atomic E-state index is -3.37. The largest absolute Gasteiger partial charge is 0.469 e. The predicted octanol–water partition coefficient (Wildman–Crippen LogP) is 1.54. The van der Waals surface area contributed by atoms with Crippen molar-refractivity contribution in [3.05, 3.63) is 35.9 Å². The van der Waals surface area contributed by atoms with Gasteiger partial charge in [-0.15, -0.1) is 0 Å². The molecule has 1 aliphatic rings. The molecule has 0 amide bonds. The van der Waals surface area contributed by atoms with Crippen molar-refractivity contribution in [2.45, 2.75) is 24.0 Å². The lowest BCUT2D eigenvalue weighted by molar-refractivity contribution is -0.141. The van der Waals surface area contributed by atoms with Gasteiger partial charge in [0.15, 0.2) is 9.84 Å². The first-order valence-corrected chi connectivity index (χ1v) is 8.68. The Kier molecular flexibility index (Phi) is 5.36. The first-order chi connectivity index (χ1) is 10.0. The Balaban J connectivity index is 2.20. The Hall–Kier alpha value is -1.40. The zero-order valence-corrected chi connectivity index (χ0v) is 12.8. The number of benzene rings is 1. The minimum Gasteiger partial charge on any atom is -0.469 e. The van der Waals surface area contributed by atoms with Crippen LogP contribution in [0.2, 0.25) is 0 Å². The Bertz CT molecular complexity index is 561. The van der Waals surface area contributed by atoms with Crippen molar-refractivity contribution in [1.82, 2.24) is 0 Å². The van der Waals surface area contributed by atoms with E-state index in [1.165, 1.54) is 7.11 Å². The fourth-order valence-electron chi connectivity index (χ4n) is 2.53. The number of carbonyl (C=O) groups is 1. The second-order valence-corrected chi connectivity index (χ2v) is 7.45. The third-order valence-electron chi connectivity index (χ3n) is 3.76. The Morgan fingerprint density at radius 1 is 1.29 bits per heavy atom. The lowest BCUT2D eigenvalue weighted by Crippen LogP contribution is -2.34. The van der Waals surface area contributed by atoms with Crippen LogP contribution in [0.15, 0.2) is 30.3 Å². The molecule has 1 aliphatic heterocycles. The molecule has 0 aliphatic carbocycles. The van der Waals surface area contributed by atoms with Crippen LogP contribution in [0.4, 0.5) is 0 Å². The van der Waals surface area contributed by atoms with Crippen molar-refractivity contribution in [1.29, 1.82) is 0 Å². The van der Waals surface area contributed by atoms with Crippen LogP contribution in [-0.2, 0) is 24.1 Å². The van der Waals surface area contributed by atoms with Crippen LogP contribution in [0.1, 0.15) is 24.3 Å². The SMILES string of the molecule is COC(=O)C(CS(=O)(=O)C1CCOCC1)c1ccccc1. The molecule has 0 bridgehead atoms. The number of rotatable bonds is 5. The van der Waals surface area contributed by atoms with Gasteiger partial charge < -0.3 is 9.47 Å². The molecule has 1 aromatic rings. The van der Waals surface area contributed by atoms with Gasteiger partial charge in [0, 0.05) is 13.2 Å². The summed E-state index contributed by atoms with van der Waals surface area (Å²) < 4.78 is 35.0. The summed E-state index contributed by atoms with van der Waals surface area (Å²) >= 11 is 0. The summed E-state index contributed by atoms with van der Waals surface area (Å²) in [7, 11) is -2.09. The smallest absolute Gasteiger partial charge is 0.314 e. The molecule has 2 rings (SSSR count). The van der Waals surface area contributed by atoms with Crippen LogP contribution in [-0.4, -0.2) is 45.7 Å². The molecule has 1 atom stereocenters. The summed E-state index contributed by atoms with van der Waals surface area (Å²) in [5, 5.41) is -0.429. The van der Waals surface area contributed by atoms with Crippen molar-refractivity contribution in [2.24, 2.45) is 0 Å². The van der Waals surface area contributed by atoms with Gasteiger partial charge in [0.05, 0.1) is 24.0 Å². The molecule has 1 saturated heterocycles. The van der Waals surface area contributed by atoms with E-state index in [4.69, 9.17) is 9.47 Å². The molecule has 5 nitrogen and oxygen atoms in total. The Labute approximate surface area is 125 Å². The number of hydrogen-bond donors (Lipinski definition) is 0. The number of sulfone groups is 1. The van der Waals surface area contributed by atoms with E-state index >= 15 is 0 Å². The van der Waals surface area contributed by atoms with E-state index in [2.05, 4.69) is 0 Å². The second-order valence-electron chi connectivity index (χ2n) is 5.13. The second kappa shape index (κ2) is 7.04. The number of hydrogen-bond acceptors (Lipinski definition) is 5. The third-order valence-corrected chi connectivity index (χ3v) is 6.05. The normalized spacial score (nSPS) is 18.1. The third kappa shape index (κ3) is 4.04. The maximum Gasteiger partial charge on any atom is 0.314 e. The quantitative estimate of drug-likeness (QED) is 0.771. The number of carbonyl (C=O) groups excluding carboxylic acids is 1. The maximum absolute atomic E-state index is 12.5. The van der Waals surface area contributed by atoms with Gasteiger partial charge in [-0.3, -0.25) is 4.79 Å². The van der Waals surface area contributed by atoms with Crippen molar-refractivity contribution in [2.75, 3.05) is 26.1 Å². The molecular weight excluding hydrogens is 292 g/mol. The van der Waals surface area contributed by atoms with Crippen LogP contribution < -0.4 is 0 Å². The van der Waals surface area contributed by atoms with E-state index < -0.39 is 27.0 Å². The Morgan fingerprint density at radius 2 is 1.90 bits per heavy atom. The topological polar surface area (TPSA) is 69.7 Å². The maximum atomic E-state index is 12.5. The molecule has 1 aromatic carbocycles. The van der Waals surface area contributed by atoms with Crippen molar-refractivity contribution < 1.29 is 22.7 Å². The minimum absolute atomic E-state index is 0.214. The highest BCUT2D eigenvalue weighted by Gasteiger charge is 2.34. The number of methoxy groups -OCH3 is 1. The highest BCUT2D eigenvalue weighted by molar-refractivity contribution is 7.92. The van der Waals surface area contributed by atoms with E-state index in [0.717, 1.165) is 0 Å². The van der Waals surface area contributed by atoms with E-state index in [-0.39, 0.29) is 5.75 Å².